The van der Waals surface area contributed by atoms with Gasteiger partial charge in [-0.3, -0.25) is 14.5 Å². The minimum atomic E-state index is -1.11. The van der Waals surface area contributed by atoms with Gasteiger partial charge in [0.2, 0.25) is 5.91 Å². The van der Waals surface area contributed by atoms with Crippen LogP contribution in [-0.2, 0) is 14.3 Å². The summed E-state index contributed by atoms with van der Waals surface area (Å²) in [7, 11) is 0. The topological polar surface area (TPSA) is 78.9 Å². The summed E-state index contributed by atoms with van der Waals surface area (Å²) in [4.78, 5) is 25.4. The third kappa shape index (κ3) is 4.29. The molecule has 7 heteroatoms. The van der Waals surface area contributed by atoms with Gasteiger partial charge in [0.25, 0.3) is 0 Å². The van der Waals surface area contributed by atoms with Crippen molar-refractivity contribution in [1.82, 2.24) is 10.2 Å². The Hall–Kier alpha value is -1.44. The largest absolute Gasteiger partial charge is 0.481 e. The van der Waals surface area contributed by atoms with Crippen molar-refractivity contribution in [3.63, 3.8) is 0 Å². The van der Waals surface area contributed by atoms with Crippen LogP contribution in [0.4, 0.5) is 0 Å². The highest BCUT2D eigenvalue weighted by Crippen LogP contribution is 2.25. The van der Waals surface area contributed by atoms with E-state index in [2.05, 4.69) is 10.2 Å². The molecule has 1 atom stereocenters. The summed E-state index contributed by atoms with van der Waals surface area (Å²) in [5.74, 6) is -1.56. The maximum absolute atomic E-state index is 11.5. The summed E-state index contributed by atoms with van der Waals surface area (Å²) in [6.07, 6.45) is -0.486. The van der Waals surface area contributed by atoms with Crippen molar-refractivity contribution in [2.45, 2.75) is 12.5 Å². The number of ether oxygens (including phenoxy) is 1. The van der Waals surface area contributed by atoms with Crippen LogP contribution in [0.5, 0.6) is 0 Å². The normalized spacial score (nSPS) is 17.6. The first-order valence-electron chi connectivity index (χ1n) is 6.50. The average molecular weight is 298 g/mol. The molecule has 20 heavy (non-hydrogen) atoms. The van der Waals surface area contributed by atoms with Gasteiger partial charge in [-0.25, -0.2) is 0 Å². The second-order valence-electron chi connectivity index (χ2n) is 4.55. The number of morpholine rings is 1. The zero-order valence-corrected chi connectivity index (χ0v) is 11.9. The molecule has 0 aliphatic carbocycles. The van der Waals surface area contributed by atoms with E-state index in [0.717, 1.165) is 13.1 Å². The summed E-state index contributed by atoms with van der Waals surface area (Å²) in [5.41, 5.74) is 0. The van der Waals surface area contributed by atoms with Gasteiger partial charge in [0.05, 0.1) is 19.3 Å². The highest BCUT2D eigenvalue weighted by Gasteiger charge is 2.24. The van der Waals surface area contributed by atoms with Crippen LogP contribution in [0.15, 0.2) is 17.5 Å². The lowest BCUT2D eigenvalue weighted by molar-refractivity contribution is -0.140. The van der Waals surface area contributed by atoms with Crippen molar-refractivity contribution in [2.75, 3.05) is 32.8 Å². The maximum Gasteiger partial charge on any atom is 0.312 e. The monoisotopic (exact) mass is 298 g/mol. The van der Waals surface area contributed by atoms with Crippen LogP contribution in [-0.4, -0.2) is 54.7 Å². The van der Waals surface area contributed by atoms with Crippen LogP contribution in [0, 0.1) is 0 Å². The van der Waals surface area contributed by atoms with E-state index in [1.54, 1.807) is 11.3 Å². The fourth-order valence-corrected chi connectivity index (χ4v) is 3.05. The molecule has 0 bridgehead atoms. The van der Waals surface area contributed by atoms with Gasteiger partial charge in [-0.2, -0.15) is 0 Å². The molecule has 1 aliphatic rings. The molecule has 0 aromatic carbocycles. The lowest BCUT2D eigenvalue weighted by Crippen LogP contribution is -2.43. The Morgan fingerprint density at radius 2 is 2.20 bits per heavy atom. The van der Waals surface area contributed by atoms with Gasteiger partial charge in [0.15, 0.2) is 0 Å². The Morgan fingerprint density at radius 3 is 2.80 bits per heavy atom. The lowest BCUT2D eigenvalue weighted by Gasteiger charge is -2.34. The summed E-state index contributed by atoms with van der Waals surface area (Å²) in [6.45, 7) is 3.43. The summed E-state index contributed by atoms with van der Waals surface area (Å²) in [6, 6.07) is 4.09. The molecule has 110 valence electrons. The molecule has 1 fully saturated rings. The number of carboxylic acids is 1. The zero-order chi connectivity index (χ0) is 14.4. The van der Waals surface area contributed by atoms with Crippen LogP contribution >= 0.6 is 11.3 Å². The van der Waals surface area contributed by atoms with E-state index in [-0.39, 0.29) is 6.04 Å². The Kier molecular flexibility index (Phi) is 5.51. The minimum absolute atomic E-state index is 0.0802. The van der Waals surface area contributed by atoms with Gasteiger partial charge in [-0.15, -0.1) is 11.3 Å². The van der Waals surface area contributed by atoms with E-state index in [1.165, 1.54) is 4.88 Å². The van der Waals surface area contributed by atoms with Crippen molar-refractivity contribution >= 4 is 23.2 Å². The second-order valence-corrected chi connectivity index (χ2v) is 5.53. The van der Waals surface area contributed by atoms with Crippen LogP contribution in [0.25, 0.3) is 0 Å². The first-order chi connectivity index (χ1) is 9.66. The number of carbonyl (C=O) groups is 2. The van der Waals surface area contributed by atoms with Crippen molar-refractivity contribution in [2.24, 2.45) is 0 Å². The Labute approximate surface area is 121 Å². The number of rotatable bonds is 6. The number of aliphatic carboxylic acids is 1. The number of carbonyl (C=O) groups excluding carboxylic acids is 1. The van der Waals surface area contributed by atoms with E-state index < -0.39 is 18.3 Å². The number of amides is 1. The van der Waals surface area contributed by atoms with Gasteiger partial charge in [-0.1, -0.05) is 6.07 Å². The van der Waals surface area contributed by atoms with Gasteiger partial charge in [0.1, 0.15) is 6.42 Å². The van der Waals surface area contributed by atoms with Gasteiger partial charge >= 0.3 is 5.97 Å². The highest BCUT2D eigenvalue weighted by atomic mass is 32.1. The van der Waals surface area contributed by atoms with Crippen molar-refractivity contribution in [1.29, 1.82) is 0 Å². The smallest absolute Gasteiger partial charge is 0.312 e. The average Bonchev–Trinajstić information content (AvgIpc) is 2.93. The first-order valence-corrected chi connectivity index (χ1v) is 7.38. The standard InChI is InChI=1S/C13H18N2O4S/c16-12(8-13(17)18)14-9-10(11-2-1-7-20-11)15-3-5-19-6-4-15/h1-2,7,10H,3-6,8-9H2,(H,14,16)(H,17,18). The number of hydrogen-bond donors (Lipinski definition) is 2. The first kappa shape index (κ1) is 15.0. The third-order valence-corrected chi connectivity index (χ3v) is 4.14. The molecule has 1 amide bonds. The number of thiophene rings is 1. The third-order valence-electron chi connectivity index (χ3n) is 3.16. The molecule has 2 N–H and O–H groups in total. The maximum atomic E-state index is 11.5. The van der Waals surface area contributed by atoms with E-state index in [0.29, 0.717) is 19.8 Å². The predicted molar refractivity (Wildman–Crippen MR) is 74.7 cm³/mol. The predicted octanol–water partition coefficient (Wildman–Crippen LogP) is 0.712. The zero-order valence-electron chi connectivity index (χ0n) is 11.1. The van der Waals surface area contributed by atoms with Crippen molar-refractivity contribution in [3.8, 4) is 0 Å². The molecule has 0 saturated carbocycles. The lowest BCUT2D eigenvalue weighted by atomic mass is 10.2. The molecule has 2 rings (SSSR count). The molecule has 6 nitrogen and oxygen atoms in total. The summed E-state index contributed by atoms with van der Waals surface area (Å²) < 4.78 is 5.34. The molecule has 1 aromatic rings. The van der Waals surface area contributed by atoms with Crippen LogP contribution in [0.2, 0.25) is 0 Å². The second kappa shape index (κ2) is 7.37. The van der Waals surface area contributed by atoms with Crippen LogP contribution < -0.4 is 5.32 Å². The Bertz CT molecular complexity index is 443. The molecule has 0 radical (unpaired) electrons. The Balaban J connectivity index is 1.96. The van der Waals surface area contributed by atoms with Crippen LogP contribution in [0.1, 0.15) is 17.3 Å². The van der Waals surface area contributed by atoms with Gasteiger partial charge in [0, 0.05) is 24.5 Å². The molecule has 1 aliphatic heterocycles. The fourth-order valence-electron chi connectivity index (χ4n) is 2.19. The molecule has 1 aromatic heterocycles. The van der Waals surface area contributed by atoms with E-state index in [4.69, 9.17) is 9.84 Å². The number of nitrogens with one attached hydrogen (secondary N) is 1. The fraction of sp³-hybridized carbons (Fsp3) is 0.538. The van der Waals surface area contributed by atoms with Crippen LogP contribution in [0.3, 0.4) is 0 Å². The van der Waals surface area contributed by atoms with E-state index >= 15 is 0 Å². The quantitative estimate of drug-likeness (QED) is 0.756. The number of carboxylic acid groups (broad SMARTS) is 1. The van der Waals surface area contributed by atoms with Crippen molar-refractivity contribution in [3.05, 3.63) is 22.4 Å². The summed E-state index contributed by atoms with van der Waals surface area (Å²) >= 11 is 1.64. The minimum Gasteiger partial charge on any atom is -0.481 e. The van der Waals surface area contributed by atoms with Crippen molar-refractivity contribution < 1.29 is 19.4 Å². The Morgan fingerprint density at radius 1 is 1.45 bits per heavy atom. The molecule has 2 heterocycles. The van der Waals surface area contributed by atoms with E-state index in [1.807, 2.05) is 17.5 Å². The highest BCUT2D eigenvalue weighted by molar-refractivity contribution is 7.10. The molecule has 1 saturated heterocycles. The molecular weight excluding hydrogens is 280 g/mol. The van der Waals surface area contributed by atoms with Gasteiger partial charge in [-0.05, 0) is 11.4 Å². The molecular formula is C13H18N2O4S. The molecule has 0 spiro atoms. The summed E-state index contributed by atoms with van der Waals surface area (Å²) in [5, 5.41) is 13.3. The SMILES string of the molecule is O=C(O)CC(=O)NCC(c1cccs1)N1CCOCC1. The number of hydrogen-bond acceptors (Lipinski definition) is 5. The molecule has 1 unspecified atom stereocenters. The number of nitrogens with zero attached hydrogens (tertiary/aromatic N) is 1. The van der Waals surface area contributed by atoms with E-state index in [9.17, 15) is 9.59 Å². The van der Waals surface area contributed by atoms with Gasteiger partial charge < -0.3 is 15.2 Å².